The first-order chi connectivity index (χ1) is 8.74. The lowest BCUT2D eigenvalue weighted by Gasteiger charge is -2.02. The predicted octanol–water partition coefficient (Wildman–Crippen LogP) is 1.99. The van der Waals surface area contributed by atoms with Crippen molar-refractivity contribution in [2.75, 3.05) is 13.7 Å². The Morgan fingerprint density at radius 2 is 2.28 bits per heavy atom. The number of methoxy groups -OCH3 is 1. The molecule has 0 atom stereocenters. The van der Waals surface area contributed by atoms with Gasteiger partial charge in [0.2, 0.25) is 11.7 Å². The minimum atomic E-state index is -0.419. The summed E-state index contributed by atoms with van der Waals surface area (Å²) in [6.45, 7) is 3.33. The van der Waals surface area contributed by atoms with E-state index >= 15 is 0 Å². The van der Waals surface area contributed by atoms with Crippen molar-refractivity contribution in [3.63, 3.8) is 0 Å². The molecule has 0 saturated heterocycles. The van der Waals surface area contributed by atoms with E-state index in [-0.39, 0.29) is 5.75 Å². The number of nitrogens with one attached hydrogen (secondary N) is 1. The zero-order chi connectivity index (χ0) is 13.0. The first-order valence-corrected chi connectivity index (χ1v) is 5.61. The van der Waals surface area contributed by atoms with Gasteiger partial charge in [0.15, 0.2) is 11.6 Å². The molecule has 1 aromatic heterocycles. The second-order valence-electron chi connectivity index (χ2n) is 3.64. The van der Waals surface area contributed by atoms with Crippen LogP contribution in [0.3, 0.4) is 0 Å². The predicted molar refractivity (Wildman–Crippen MR) is 63.6 cm³/mol. The molecule has 96 valence electrons. The van der Waals surface area contributed by atoms with Gasteiger partial charge in [-0.2, -0.15) is 4.98 Å². The zero-order valence-electron chi connectivity index (χ0n) is 10.2. The van der Waals surface area contributed by atoms with Crippen molar-refractivity contribution in [3.05, 3.63) is 29.9 Å². The third-order valence-electron chi connectivity index (χ3n) is 2.40. The first kappa shape index (κ1) is 12.5. The van der Waals surface area contributed by atoms with E-state index < -0.39 is 5.82 Å². The maximum Gasteiger partial charge on any atom is 0.240 e. The van der Waals surface area contributed by atoms with Gasteiger partial charge in [-0.05, 0) is 24.7 Å². The second kappa shape index (κ2) is 5.59. The number of halogens is 1. The molecule has 0 amide bonds. The van der Waals surface area contributed by atoms with Crippen LogP contribution >= 0.6 is 0 Å². The van der Waals surface area contributed by atoms with E-state index in [2.05, 4.69) is 15.5 Å². The van der Waals surface area contributed by atoms with Crippen LogP contribution in [0.15, 0.2) is 22.7 Å². The Kier molecular flexibility index (Phi) is 3.88. The summed E-state index contributed by atoms with van der Waals surface area (Å²) in [5.74, 6) is 0.652. The van der Waals surface area contributed by atoms with Crippen molar-refractivity contribution in [2.24, 2.45) is 0 Å². The summed E-state index contributed by atoms with van der Waals surface area (Å²) >= 11 is 0. The molecule has 6 heteroatoms. The molecule has 1 N–H and O–H groups in total. The molecule has 0 aliphatic rings. The van der Waals surface area contributed by atoms with Crippen LogP contribution in [-0.2, 0) is 6.54 Å². The van der Waals surface area contributed by atoms with Crippen LogP contribution in [0.25, 0.3) is 11.4 Å². The maximum absolute atomic E-state index is 13.3. The van der Waals surface area contributed by atoms with Crippen LogP contribution in [0.4, 0.5) is 4.39 Å². The van der Waals surface area contributed by atoms with Gasteiger partial charge >= 0.3 is 0 Å². The van der Waals surface area contributed by atoms with Crippen molar-refractivity contribution in [1.82, 2.24) is 15.5 Å². The SMILES string of the molecule is CCNCc1nc(-c2ccc(F)c(OC)c2)no1. The first-order valence-electron chi connectivity index (χ1n) is 5.61. The van der Waals surface area contributed by atoms with Crippen molar-refractivity contribution in [2.45, 2.75) is 13.5 Å². The monoisotopic (exact) mass is 251 g/mol. The van der Waals surface area contributed by atoms with E-state index in [4.69, 9.17) is 9.26 Å². The molecule has 2 rings (SSSR count). The number of hydrogen-bond donors (Lipinski definition) is 1. The van der Waals surface area contributed by atoms with Crippen LogP contribution in [-0.4, -0.2) is 23.8 Å². The van der Waals surface area contributed by atoms with Crippen molar-refractivity contribution < 1.29 is 13.7 Å². The molecule has 1 heterocycles. The van der Waals surface area contributed by atoms with E-state index in [1.807, 2.05) is 6.92 Å². The van der Waals surface area contributed by atoms with E-state index in [1.165, 1.54) is 19.2 Å². The van der Waals surface area contributed by atoms with Crippen LogP contribution < -0.4 is 10.1 Å². The number of ether oxygens (including phenoxy) is 1. The molecule has 5 nitrogen and oxygen atoms in total. The van der Waals surface area contributed by atoms with Crippen molar-refractivity contribution in [1.29, 1.82) is 0 Å². The van der Waals surface area contributed by atoms with Crippen LogP contribution in [0.1, 0.15) is 12.8 Å². The minimum absolute atomic E-state index is 0.158. The Labute approximate surface area is 104 Å². The van der Waals surface area contributed by atoms with Crippen molar-refractivity contribution in [3.8, 4) is 17.1 Å². The van der Waals surface area contributed by atoms with E-state index in [1.54, 1.807) is 6.07 Å². The summed E-state index contributed by atoms with van der Waals surface area (Å²) in [4.78, 5) is 4.20. The lowest BCUT2D eigenvalue weighted by Crippen LogP contribution is -2.11. The summed E-state index contributed by atoms with van der Waals surface area (Å²) in [6.07, 6.45) is 0. The average Bonchev–Trinajstić information content (AvgIpc) is 2.85. The fourth-order valence-corrected chi connectivity index (χ4v) is 1.47. The molecule has 0 radical (unpaired) electrons. The molecule has 0 aliphatic carbocycles. The lowest BCUT2D eigenvalue weighted by atomic mass is 10.2. The van der Waals surface area contributed by atoms with Crippen LogP contribution in [0, 0.1) is 5.82 Å². The smallest absolute Gasteiger partial charge is 0.240 e. The van der Waals surface area contributed by atoms with Gasteiger partial charge in [0.25, 0.3) is 0 Å². The minimum Gasteiger partial charge on any atom is -0.494 e. The summed E-state index contributed by atoms with van der Waals surface area (Å²) in [6, 6.07) is 4.44. The summed E-state index contributed by atoms with van der Waals surface area (Å²) < 4.78 is 23.2. The van der Waals surface area contributed by atoms with Crippen molar-refractivity contribution >= 4 is 0 Å². The molecular formula is C12H14FN3O2. The fraction of sp³-hybridized carbons (Fsp3) is 0.333. The molecule has 0 spiro atoms. The number of hydrogen-bond acceptors (Lipinski definition) is 5. The molecule has 0 bridgehead atoms. The van der Waals surface area contributed by atoms with Gasteiger partial charge in [-0.3, -0.25) is 0 Å². The Morgan fingerprint density at radius 1 is 1.44 bits per heavy atom. The Balaban J connectivity index is 2.23. The van der Waals surface area contributed by atoms with E-state index in [9.17, 15) is 4.39 Å². The zero-order valence-corrected chi connectivity index (χ0v) is 10.2. The fourth-order valence-electron chi connectivity index (χ4n) is 1.47. The number of nitrogens with zero attached hydrogens (tertiary/aromatic N) is 2. The second-order valence-corrected chi connectivity index (χ2v) is 3.64. The van der Waals surface area contributed by atoms with Gasteiger partial charge in [-0.1, -0.05) is 12.1 Å². The maximum atomic E-state index is 13.3. The van der Waals surface area contributed by atoms with Gasteiger partial charge in [0, 0.05) is 5.56 Å². The van der Waals surface area contributed by atoms with Crippen LogP contribution in [0.5, 0.6) is 5.75 Å². The number of aromatic nitrogens is 2. The molecule has 1 aromatic carbocycles. The normalized spacial score (nSPS) is 10.6. The van der Waals surface area contributed by atoms with E-state index in [0.717, 1.165) is 6.54 Å². The topological polar surface area (TPSA) is 60.2 Å². The Hall–Kier alpha value is -1.95. The van der Waals surface area contributed by atoms with Gasteiger partial charge in [0.1, 0.15) is 0 Å². The third-order valence-corrected chi connectivity index (χ3v) is 2.40. The standard InChI is InChI=1S/C12H14FN3O2/c1-3-14-7-11-15-12(16-18-11)8-4-5-9(13)10(6-8)17-2/h4-6,14H,3,7H2,1-2H3. The number of rotatable bonds is 5. The Morgan fingerprint density at radius 3 is 3.00 bits per heavy atom. The lowest BCUT2D eigenvalue weighted by molar-refractivity contribution is 0.369. The van der Waals surface area contributed by atoms with Gasteiger partial charge in [0.05, 0.1) is 13.7 Å². The molecule has 0 saturated carbocycles. The van der Waals surface area contributed by atoms with E-state index in [0.29, 0.717) is 23.8 Å². The third kappa shape index (κ3) is 2.65. The largest absolute Gasteiger partial charge is 0.494 e. The molecule has 0 fully saturated rings. The van der Waals surface area contributed by atoms with Gasteiger partial charge in [-0.15, -0.1) is 0 Å². The van der Waals surface area contributed by atoms with Crippen LogP contribution in [0.2, 0.25) is 0 Å². The summed E-state index contributed by atoms with van der Waals surface area (Å²) in [7, 11) is 1.41. The molecule has 18 heavy (non-hydrogen) atoms. The highest BCUT2D eigenvalue weighted by atomic mass is 19.1. The Bertz CT molecular complexity index is 528. The molecule has 0 aliphatic heterocycles. The molecular weight excluding hydrogens is 237 g/mol. The highest BCUT2D eigenvalue weighted by Gasteiger charge is 2.11. The summed E-state index contributed by atoms with van der Waals surface area (Å²) in [5, 5.41) is 6.92. The average molecular weight is 251 g/mol. The highest BCUT2D eigenvalue weighted by Crippen LogP contribution is 2.24. The quantitative estimate of drug-likeness (QED) is 0.880. The molecule has 0 unspecified atom stereocenters. The molecule has 2 aromatic rings. The number of benzene rings is 1. The van der Waals surface area contributed by atoms with Gasteiger partial charge in [-0.25, -0.2) is 4.39 Å². The summed E-state index contributed by atoms with van der Waals surface area (Å²) in [5.41, 5.74) is 0.653. The van der Waals surface area contributed by atoms with Gasteiger partial charge < -0.3 is 14.6 Å². The highest BCUT2D eigenvalue weighted by molar-refractivity contribution is 5.57.